The number of aromatic nitrogens is 2. The zero-order valence-electron chi connectivity index (χ0n) is 13.9. The van der Waals surface area contributed by atoms with E-state index in [9.17, 15) is 9.59 Å². The molecule has 2 aromatic heterocycles. The fourth-order valence-electron chi connectivity index (χ4n) is 3.54. The molecule has 0 bridgehead atoms. The quantitative estimate of drug-likeness (QED) is 0.833. The van der Waals surface area contributed by atoms with Crippen molar-refractivity contribution in [2.24, 2.45) is 0 Å². The van der Waals surface area contributed by atoms with Crippen molar-refractivity contribution in [1.29, 1.82) is 0 Å². The number of anilines is 1. The number of hydrogen-bond donors (Lipinski definition) is 1. The van der Waals surface area contributed by atoms with Crippen LogP contribution in [0.25, 0.3) is 0 Å². The number of nitrogens with one attached hydrogen (secondary N) is 1. The molecule has 3 heterocycles. The number of halogens is 1. The van der Waals surface area contributed by atoms with E-state index in [0.29, 0.717) is 18.7 Å². The summed E-state index contributed by atoms with van der Waals surface area (Å²) < 4.78 is 5.20. The van der Waals surface area contributed by atoms with Crippen LogP contribution in [0, 0.1) is 0 Å². The Morgan fingerprint density at radius 3 is 2.80 bits per heavy atom. The van der Waals surface area contributed by atoms with E-state index in [1.165, 1.54) is 0 Å². The van der Waals surface area contributed by atoms with Gasteiger partial charge >= 0.3 is 5.97 Å². The van der Waals surface area contributed by atoms with Gasteiger partial charge in [0.25, 0.3) is 0 Å². The van der Waals surface area contributed by atoms with Gasteiger partial charge in [-0.2, -0.15) is 0 Å². The molecule has 0 fully saturated rings. The highest BCUT2D eigenvalue weighted by Crippen LogP contribution is 2.46. The molecule has 1 spiro atoms. The van der Waals surface area contributed by atoms with E-state index in [0.717, 1.165) is 16.7 Å². The van der Waals surface area contributed by atoms with Gasteiger partial charge in [0.15, 0.2) is 0 Å². The van der Waals surface area contributed by atoms with Gasteiger partial charge in [-0.15, -0.1) is 12.4 Å². The Balaban J connectivity index is 0.00000182. The van der Waals surface area contributed by atoms with Gasteiger partial charge < -0.3 is 10.1 Å². The summed E-state index contributed by atoms with van der Waals surface area (Å²) in [6, 6.07) is 5.53. The number of pyridine rings is 2. The minimum Gasteiger partial charge on any atom is -0.458 e. The molecule has 1 atom stereocenters. The maximum atomic E-state index is 12.6. The van der Waals surface area contributed by atoms with Crippen LogP contribution in [-0.4, -0.2) is 27.9 Å². The number of carbonyl (C=O) groups excluding carboxylic acids is 2. The summed E-state index contributed by atoms with van der Waals surface area (Å²) >= 11 is 0. The number of hydrogen-bond acceptors (Lipinski definition) is 5. The summed E-state index contributed by atoms with van der Waals surface area (Å²) in [7, 11) is 0. The summed E-state index contributed by atoms with van der Waals surface area (Å²) in [6.45, 7) is 3.60. The van der Waals surface area contributed by atoms with Gasteiger partial charge in [0.1, 0.15) is 11.5 Å². The van der Waals surface area contributed by atoms with E-state index in [1.54, 1.807) is 32.3 Å². The summed E-state index contributed by atoms with van der Waals surface area (Å²) in [5, 5.41) is 2.87. The van der Waals surface area contributed by atoms with Gasteiger partial charge in [0.2, 0.25) is 5.91 Å². The lowest BCUT2D eigenvalue weighted by Crippen LogP contribution is -2.35. The minimum atomic E-state index is -0.645. The van der Waals surface area contributed by atoms with Gasteiger partial charge in [0, 0.05) is 18.0 Å². The summed E-state index contributed by atoms with van der Waals surface area (Å²) in [5.74, 6) is 0.146. The molecular formula is C18H18ClN3O3. The predicted octanol–water partition coefficient (Wildman–Crippen LogP) is 2.45. The topological polar surface area (TPSA) is 81.2 Å². The molecule has 25 heavy (non-hydrogen) atoms. The highest BCUT2D eigenvalue weighted by Gasteiger charge is 2.51. The highest BCUT2D eigenvalue weighted by molar-refractivity contribution is 6.06. The first-order chi connectivity index (χ1) is 11.5. The monoisotopic (exact) mass is 359 g/mol. The van der Waals surface area contributed by atoms with E-state index in [4.69, 9.17) is 4.74 Å². The van der Waals surface area contributed by atoms with Crippen LogP contribution in [0.5, 0.6) is 0 Å². The van der Waals surface area contributed by atoms with Crippen LogP contribution >= 0.6 is 12.4 Å². The third-order valence-corrected chi connectivity index (χ3v) is 4.61. The van der Waals surface area contributed by atoms with Crippen molar-refractivity contribution in [3.8, 4) is 0 Å². The molecule has 2 aromatic rings. The van der Waals surface area contributed by atoms with Crippen molar-refractivity contribution in [1.82, 2.24) is 9.97 Å². The molecule has 1 amide bonds. The Hall–Kier alpha value is -2.47. The van der Waals surface area contributed by atoms with Crippen molar-refractivity contribution in [3.05, 3.63) is 53.0 Å². The second-order valence-electron chi connectivity index (χ2n) is 6.58. The van der Waals surface area contributed by atoms with Crippen LogP contribution in [0.4, 0.5) is 5.82 Å². The number of amides is 1. The minimum absolute atomic E-state index is 0. The fourth-order valence-corrected chi connectivity index (χ4v) is 3.54. The number of esters is 1. The molecule has 0 saturated heterocycles. The maximum absolute atomic E-state index is 12.6. The predicted molar refractivity (Wildman–Crippen MR) is 94.0 cm³/mol. The Kier molecular flexibility index (Phi) is 4.24. The molecule has 0 radical (unpaired) electrons. The number of ether oxygens (including phenoxy) is 1. The molecule has 6 nitrogen and oxygen atoms in total. The number of nitrogens with zero attached hydrogens (tertiary/aromatic N) is 2. The van der Waals surface area contributed by atoms with Crippen LogP contribution < -0.4 is 5.32 Å². The molecular weight excluding hydrogens is 342 g/mol. The summed E-state index contributed by atoms with van der Waals surface area (Å²) in [4.78, 5) is 33.1. The van der Waals surface area contributed by atoms with E-state index in [-0.39, 0.29) is 30.1 Å². The summed E-state index contributed by atoms with van der Waals surface area (Å²) in [5.41, 5.74) is 2.51. The third kappa shape index (κ3) is 2.66. The van der Waals surface area contributed by atoms with Gasteiger partial charge in [-0.05, 0) is 49.9 Å². The largest absolute Gasteiger partial charge is 0.458 e. The SMILES string of the molecule is CC(C)OC(=O)c1cc2c(cn1)CC1(C2)C(=O)Nc2ncccc21.Cl. The normalized spacial score (nSPS) is 20.0. The molecule has 4 rings (SSSR count). The lowest BCUT2D eigenvalue weighted by molar-refractivity contribution is -0.120. The smallest absolute Gasteiger partial charge is 0.357 e. The Labute approximate surface area is 151 Å². The zero-order valence-corrected chi connectivity index (χ0v) is 14.7. The van der Waals surface area contributed by atoms with E-state index >= 15 is 0 Å². The van der Waals surface area contributed by atoms with Gasteiger partial charge in [0.05, 0.1) is 11.5 Å². The number of rotatable bonds is 2. The Morgan fingerprint density at radius 1 is 1.28 bits per heavy atom. The van der Waals surface area contributed by atoms with Crippen molar-refractivity contribution < 1.29 is 14.3 Å². The van der Waals surface area contributed by atoms with Crippen LogP contribution in [0.2, 0.25) is 0 Å². The van der Waals surface area contributed by atoms with E-state index < -0.39 is 11.4 Å². The van der Waals surface area contributed by atoms with E-state index in [2.05, 4.69) is 15.3 Å². The fraction of sp³-hybridized carbons (Fsp3) is 0.333. The van der Waals surface area contributed by atoms with Gasteiger partial charge in [-0.3, -0.25) is 4.79 Å². The van der Waals surface area contributed by atoms with Crippen LogP contribution in [0.3, 0.4) is 0 Å². The van der Waals surface area contributed by atoms with Crippen molar-refractivity contribution in [2.75, 3.05) is 5.32 Å². The van der Waals surface area contributed by atoms with Crippen LogP contribution in [0.1, 0.15) is 41.0 Å². The third-order valence-electron chi connectivity index (χ3n) is 4.61. The van der Waals surface area contributed by atoms with Crippen LogP contribution in [0.15, 0.2) is 30.6 Å². The second kappa shape index (κ2) is 6.11. The van der Waals surface area contributed by atoms with E-state index in [1.807, 2.05) is 12.1 Å². The molecule has 1 aliphatic heterocycles. The van der Waals surface area contributed by atoms with Gasteiger partial charge in [-0.25, -0.2) is 14.8 Å². The Bertz CT molecular complexity index is 868. The molecule has 1 aliphatic carbocycles. The Morgan fingerprint density at radius 2 is 2.04 bits per heavy atom. The summed E-state index contributed by atoms with van der Waals surface area (Å²) in [6.07, 6.45) is 4.26. The van der Waals surface area contributed by atoms with Crippen molar-refractivity contribution in [3.63, 3.8) is 0 Å². The molecule has 0 aromatic carbocycles. The molecule has 130 valence electrons. The standard InChI is InChI=1S/C18H17N3O3.ClH/c1-10(2)24-16(22)14-6-11-7-18(8-12(11)9-20-14)13-4-3-5-19-15(13)21-17(18)23;/h3-6,9-10H,7-8H2,1-2H3,(H,19,21,23);1H. The maximum Gasteiger partial charge on any atom is 0.357 e. The number of carbonyl (C=O) groups is 2. The van der Waals surface area contributed by atoms with Crippen LogP contribution in [-0.2, 0) is 27.8 Å². The second-order valence-corrected chi connectivity index (χ2v) is 6.58. The molecule has 0 saturated carbocycles. The first-order valence-corrected chi connectivity index (χ1v) is 7.95. The van der Waals surface area contributed by atoms with Crippen molar-refractivity contribution in [2.45, 2.75) is 38.2 Å². The zero-order chi connectivity index (χ0) is 16.9. The number of fused-ring (bicyclic) bond motifs is 3. The lowest BCUT2D eigenvalue weighted by Gasteiger charge is -2.20. The molecule has 7 heteroatoms. The average molecular weight is 360 g/mol. The first kappa shape index (κ1) is 17.4. The molecule has 1 N–H and O–H groups in total. The van der Waals surface area contributed by atoms with Gasteiger partial charge in [-0.1, -0.05) is 6.07 Å². The van der Waals surface area contributed by atoms with Crippen molar-refractivity contribution >= 4 is 30.1 Å². The first-order valence-electron chi connectivity index (χ1n) is 7.95. The molecule has 1 unspecified atom stereocenters. The average Bonchev–Trinajstić information content (AvgIpc) is 3.05. The lowest BCUT2D eigenvalue weighted by atomic mass is 9.79. The molecule has 2 aliphatic rings. The highest BCUT2D eigenvalue weighted by atomic mass is 35.5.